The third-order valence-electron chi connectivity index (χ3n) is 3.80. The predicted molar refractivity (Wildman–Crippen MR) is 81.3 cm³/mol. The molecule has 4 rings (SSSR count). The van der Waals surface area contributed by atoms with Gasteiger partial charge in [0.2, 0.25) is 5.58 Å². The van der Waals surface area contributed by atoms with E-state index in [1.54, 1.807) is 0 Å². The number of aryl methyl sites for hydroxylation is 1. The van der Waals surface area contributed by atoms with E-state index in [4.69, 9.17) is 4.42 Å². The van der Waals surface area contributed by atoms with Crippen LogP contribution in [0.1, 0.15) is 11.4 Å². The molecule has 21 heavy (non-hydrogen) atoms. The third-order valence-corrected chi connectivity index (χ3v) is 3.80. The quantitative estimate of drug-likeness (QED) is 0.732. The van der Waals surface area contributed by atoms with Crippen molar-refractivity contribution in [3.63, 3.8) is 0 Å². The fourth-order valence-electron chi connectivity index (χ4n) is 2.75. The highest BCUT2D eigenvalue weighted by Crippen LogP contribution is 2.25. The SMILES string of the molecule is Cc1ccc2oc3c(=O)[nH]c(CN4CC=CC4)nc3c2c1. The standard InChI is InChI=1S/C16H15N3O2/c1-10-4-5-12-11(8-10)14-15(21-12)16(20)18-13(17-14)9-19-6-2-3-7-19/h2-5,8H,6-7,9H2,1H3,(H,17,18,20). The molecule has 3 heterocycles. The van der Waals surface area contributed by atoms with Crippen LogP contribution in [0.15, 0.2) is 39.6 Å². The van der Waals surface area contributed by atoms with Gasteiger partial charge in [-0.2, -0.15) is 0 Å². The highest BCUT2D eigenvalue weighted by atomic mass is 16.3. The molecule has 0 amide bonds. The van der Waals surface area contributed by atoms with Gasteiger partial charge in [0.05, 0.1) is 6.54 Å². The summed E-state index contributed by atoms with van der Waals surface area (Å²) in [4.78, 5) is 21.8. The van der Waals surface area contributed by atoms with Crippen LogP contribution in [0.3, 0.4) is 0 Å². The summed E-state index contributed by atoms with van der Waals surface area (Å²) in [6.07, 6.45) is 4.24. The predicted octanol–water partition coefficient (Wildman–Crippen LogP) is 2.35. The number of aromatic amines is 1. The zero-order valence-electron chi connectivity index (χ0n) is 11.7. The Kier molecular flexibility index (Phi) is 2.68. The Bertz CT molecular complexity index is 912. The minimum atomic E-state index is -0.212. The van der Waals surface area contributed by atoms with Crippen LogP contribution in [0.25, 0.3) is 22.1 Å². The summed E-state index contributed by atoms with van der Waals surface area (Å²) in [7, 11) is 0. The lowest BCUT2D eigenvalue weighted by atomic mass is 10.2. The number of nitrogens with zero attached hydrogens (tertiary/aromatic N) is 2. The number of hydrogen-bond acceptors (Lipinski definition) is 4. The molecular weight excluding hydrogens is 266 g/mol. The lowest BCUT2D eigenvalue weighted by Crippen LogP contribution is -2.23. The Morgan fingerprint density at radius 2 is 2.14 bits per heavy atom. The number of benzene rings is 1. The van der Waals surface area contributed by atoms with Crippen LogP contribution in [-0.2, 0) is 6.54 Å². The first-order valence-corrected chi connectivity index (χ1v) is 7.00. The normalized spacial score (nSPS) is 15.5. The summed E-state index contributed by atoms with van der Waals surface area (Å²) in [6, 6.07) is 5.86. The molecule has 1 N–H and O–H groups in total. The molecule has 2 aromatic heterocycles. The van der Waals surface area contributed by atoms with Crippen LogP contribution in [0.5, 0.6) is 0 Å². The number of furan rings is 1. The fraction of sp³-hybridized carbons (Fsp3) is 0.250. The van der Waals surface area contributed by atoms with Crippen molar-refractivity contribution in [3.8, 4) is 0 Å². The van der Waals surface area contributed by atoms with Gasteiger partial charge < -0.3 is 9.40 Å². The van der Waals surface area contributed by atoms with E-state index in [0.717, 1.165) is 24.0 Å². The van der Waals surface area contributed by atoms with Gasteiger partial charge in [0.25, 0.3) is 5.56 Å². The van der Waals surface area contributed by atoms with Crippen molar-refractivity contribution in [1.82, 2.24) is 14.9 Å². The molecule has 0 saturated carbocycles. The van der Waals surface area contributed by atoms with E-state index in [9.17, 15) is 4.79 Å². The summed E-state index contributed by atoms with van der Waals surface area (Å²) >= 11 is 0. The number of H-pyrrole nitrogens is 1. The summed E-state index contributed by atoms with van der Waals surface area (Å²) in [6.45, 7) is 4.44. The van der Waals surface area contributed by atoms with Gasteiger partial charge in [-0.1, -0.05) is 23.8 Å². The van der Waals surface area contributed by atoms with Gasteiger partial charge >= 0.3 is 0 Å². The largest absolute Gasteiger partial charge is 0.449 e. The van der Waals surface area contributed by atoms with Crippen LogP contribution < -0.4 is 5.56 Å². The Labute approximate surface area is 120 Å². The number of nitrogens with one attached hydrogen (secondary N) is 1. The van der Waals surface area contributed by atoms with Crippen molar-refractivity contribution >= 4 is 22.1 Å². The molecule has 0 spiro atoms. The molecule has 5 heteroatoms. The molecule has 3 aromatic rings. The highest BCUT2D eigenvalue weighted by Gasteiger charge is 2.15. The molecule has 0 saturated heterocycles. The van der Waals surface area contributed by atoms with Gasteiger partial charge in [-0.3, -0.25) is 9.69 Å². The second-order valence-corrected chi connectivity index (χ2v) is 5.46. The molecule has 5 nitrogen and oxygen atoms in total. The average Bonchev–Trinajstić information content (AvgIpc) is 3.07. The van der Waals surface area contributed by atoms with Crippen LogP contribution in [0.4, 0.5) is 0 Å². The molecule has 1 aliphatic heterocycles. The first kappa shape index (κ1) is 12.3. The van der Waals surface area contributed by atoms with E-state index >= 15 is 0 Å². The molecule has 1 aromatic carbocycles. The molecule has 0 unspecified atom stereocenters. The van der Waals surface area contributed by atoms with Crippen molar-refractivity contribution in [2.45, 2.75) is 13.5 Å². The number of aromatic nitrogens is 2. The zero-order chi connectivity index (χ0) is 14.4. The van der Waals surface area contributed by atoms with Gasteiger partial charge in [-0.25, -0.2) is 4.98 Å². The topological polar surface area (TPSA) is 62.1 Å². The Morgan fingerprint density at radius 3 is 2.95 bits per heavy atom. The summed E-state index contributed by atoms with van der Waals surface area (Å²) < 4.78 is 5.63. The van der Waals surface area contributed by atoms with Gasteiger partial charge in [-0.05, 0) is 19.1 Å². The first-order valence-electron chi connectivity index (χ1n) is 7.00. The monoisotopic (exact) mass is 281 g/mol. The number of hydrogen-bond donors (Lipinski definition) is 1. The molecular formula is C16H15N3O2. The molecule has 106 valence electrons. The lowest BCUT2D eigenvalue weighted by molar-refractivity contribution is 0.336. The smallest absolute Gasteiger partial charge is 0.294 e. The van der Waals surface area contributed by atoms with E-state index in [1.807, 2.05) is 25.1 Å². The lowest BCUT2D eigenvalue weighted by Gasteiger charge is -2.13. The minimum absolute atomic E-state index is 0.212. The van der Waals surface area contributed by atoms with E-state index in [0.29, 0.717) is 29.1 Å². The van der Waals surface area contributed by atoms with Gasteiger partial charge in [0.15, 0.2) is 0 Å². The molecule has 0 radical (unpaired) electrons. The van der Waals surface area contributed by atoms with E-state index in [1.165, 1.54) is 0 Å². The van der Waals surface area contributed by atoms with Crippen molar-refractivity contribution in [3.05, 3.63) is 52.1 Å². The van der Waals surface area contributed by atoms with Crippen molar-refractivity contribution in [2.75, 3.05) is 13.1 Å². The fourth-order valence-corrected chi connectivity index (χ4v) is 2.75. The maximum absolute atomic E-state index is 12.2. The first-order chi connectivity index (χ1) is 10.2. The maximum Gasteiger partial charge on any atom is 0.294 e. The number of fused-ring (bicyclic) bond motifs is 3. The number of rotatable bonds is 2. The second-order valence-electron chi connectivity index (χ2n) is 5.46. The highest BCUT2D eigenvalue weighted by molar-refractivity contribution is 6.02. The molecule has 0 fully saturated rings. The molecule has 1 aliphatic rings. The van der Waals surface area contributed by atoms with Crippen LogP contribution >= 0.6 is 0 Å². The third kappa shape index (κ3) is 2.06. The van der Waals surface area contributed by atoms with Crippen molar-refractivity contribution in [2.24, 2.45) is 0 Å². The molecule has 0 bridgehead atoms. The van der Waals surface area contributed by atoms with Crippen molar-refractivity contribution in [1.29, 1.82) is 0 Å². The van der Waals surface area contributed by atoms with Crippen LogP contribution in [0, 0.1) is 6.92 Å². The zero-order valence-corrected chi connectivity index (χ0v) is 11.7. The summed E-state index contributed by atoms with van der Waals surface area (Å²) in [5.41, 5.74) is 2.57. The van der Waals surface area contributed by atoms with E-state index in [-0.39, 0.29) is 5.56 Å². The van der Waals surface area contributed by atoms with Crippen molar-refractivity contribution < 1.29 is 4.42 Å². The second kappa shape index (κ2) is 4.56. The van der Waals surface area contributed by atoms with Gasteiger partial charge in [0.1, 0.15) is 16.9 Å². The molecule has 0 aliphatic carbocycles. The van der Waals surface area contributed by atoms with E-state index < -0.39 is 0 Å². The Hall–Kier alpha value is -2.40. The minimum Gasteiger partial charge on any atom is -0.449 e. The Balaban J connectivity index is 1.88. The van der Waals surface area contributed by atoms with Crippen LogP contribution in [0.2, 0.25) is 0 Å². The summed E-state index contributed by atoms with van der Waals surface area (Å²) in [5.74, 6) is 0.681. The van der Waals surface area contributed by atoms with Crippen LogP contribution in [-0.4, -0.2) is 28.0 Å². The maximum atomic E-state index is 12.2. The van der Waals surface area contributed by atoms with Gasteiger partial charge in [-0.15, -0.1) is 0 Å². The summed E-state index contributed by atoms with van der Waals surface area (Å²) in [5, 5.41) is 0.900. The molecule has 0 atom stereocenters. The Morgan fingerprint density at radius 1 is 1.33 bits per heavy atom. The van der Waals surface area contributed by atoms with Gasteiger partial charge in [0, 0.05) is 18.5 Å². The average molecular weight is 281 g/mol. The van der Waals surface area contributed by atoms with E-state index in [2.05, 4.69) is 27.0 Å².